The van der Waals surface area contributed by atoms with Gasteiger partial charge >= 0.3 is 0 Å². The van der Waals surface area contributed by atoms with Crippen molar-refractivity contribution >= 4 is 62.3 Å². The molecule has 0 aromatic heterocycles. The predicted octanol–water partition coefficient (Wildman–Crippen LogP) is 5.97. The van der Waals surface area contributed by atoms with E-state index >= 15 is 0 Å². The molecule has 0 heterocycles. The van der Waals surface area contributed by atoms with Crippen molar-refractivity contribution in [2.24, 2.45) is 0 Å². The highest BCUT2D eigenvalue weighted by Gasteiger charge is 2.11. The molecule has 6 heteroatoms. The second-order valence-corrected chi connectivity index (χ2v) is 6.36. The molecular weight excluding hydrogens is 384 g/mol. The Balaban J connectivity index is 2.30. The molecule has 2 nitrogen and oxygen atoms in total. The molecule has 2 aromatic rings. The van der Waals surface area contributed by atoms with Gasteiger partial charge < -0.3 is 5.32 Å². The second-order valence-electron chi connectivity index (χ2n) is 4.19. The van der Waals surface area contributed by atoms with Crippen LogP contribution in [0.5, 0.6) is 0 Å². The summed E-state index contributed by atoms with van der Waals surface area (Å²) < 4.78 is 0.725. The fourth-order valence-electron chi connectivity index (χ4n) is 1.62. The largest absolute Gasteiger partial charge is 0.321 e. The third kappa shape index (κ3) is 3.67. The lowest BCUT2D eigenvalue weighted by Crippen LogP contribution is -2.12. The van der Waals surface area contributed by atoms with E-state index in [4.69, 9.17) is 34.8 Å². The maximum atomic E-state index is 12.2. The number of nitrogens with one attached hydrogen (secondary N) is 1. The minimum absolute atomic E-state index is 0.310. The highest BCUT2D eigenvalue weighted by atomic mass is 79.9. The first-order valence-electron chi connectivity index (χ1n) is 5.60. The number of halogens is 4. The fourth-order valence-corrected chi connectivity index (χ4v) is 2.91. The van der Waals surface area contributed by atoms with Crippen LogP contribution in [0, 0.1) is 6.92 Å². The van der Waals surface area contributed by atoms with Crippen molar-refractivity contribution in [1.29, 1.82) is 0 Å². The van der Waals surface area contributed by atoms with Crippen molar-refractivity contribution in [2.75, 3.05) is 5.32 Å². The molecule has 0 bridgehead atoms. The molecular formula is C14H9BrCl3NO. The molecule has 0 aliphatic heterocycles. The quantitative estimate of drug-likeness (QED) is 0.669. The molecule has 0 atom stereocenters. The Bertz CT molecular complexity index is 668. The van der Waals surface area contributed by atoms with Gasteiger partial charge in [0.25, 0.3) is 5.91 Å². The van der Waals surface area contributed by atoms with Crippen molar-refractivity contribution < 1.29 is 4.79 Å². The Kier molecular flexibility index (Phi) is 4.97. The normalized spacial score (nSPS) is 10.4. The standard InChI is InChI=1S/C14H9BrCl3NO/c1-7-2-12(18)13(6-11(7)17)19-14(20)8-3-9(15)5-10(16)4-8/h2-6H,1H3,(H,19,20). The van der Waals surface area contributed by atoms with Gasteiger partial charge in [-0.25, -0.2) is 0 Å². The summed E-state index contributed by atoms with van der Waals surface area (Å²) in [5.41, 5.74) is 1.74. The van der Waals surface area contributed by atoms with Gasteiger partial charge in [-0.15, -0.1) is 0 Å². The lowest BCUT2D eigenvalue weighted by atomic mass is 10.2. The molecule has 0 fully saturated rings. The number of benzene rings is 2. The minimum Gasteiger partial charge on any atom is -0.321 e. The van der Waals surface area contributed by atoms with Gasteiger partial charge in [0.15, 0.2) is 0 Å². The maximum absolute atomic E-state index is 12.2. The second kappa shape index (κ2) is 6.35. The van der Waals surface area contributed by atoms with Gasteiger partial charge in [-0.1, -0.05) is 50.7 Å². The van der Waals surface area contributed by atoms with Gasteiger partial charge in [-0.2, -0.15) is 0 Å². The number of carbonyl (C=O) groups excluding carboxylic acids is 1. The zero-order chi connectivity index (χ0) is 14.9. The van der Waals surface area contributed by atoms with Crippen LogP contribution in [0.15, 0.2) is 34.8 Å². The number of aryl methyl sites for hydroxylation is 1. The van der Waals surface area contributed by atoms with E-state index in [0.717, 1.165) is 10.0 Å². The zero-order valence-corrected chi connectivity index (χ0v) is 14.2. The number of carbonyl (C=O) groups is 1. The summed E-state index contributed by atoms with van der Waals surface area (Å²) >= 11 is 21.3. The number of rotatable bonds is 2. The summed E-state index contributed by atoms with van der Waals surface area (Å²) in [5.74, 6) is -0.310. The van der Waals surface area contributed by atoms with Crippen LogP contribution in [0.25, 0.3) is 0 Å². The van der Waals surface area contributed by atoms with Crippen LogP contribution in [0.3, 0.4) is 0 Å². The monoisotopic (exact) mass is 391 g/mol. The predicted molar refractivity (Wildman–Crippen MR) is 88.3 cm³/mol. The van der Waals surface area contributed by atoms with Crippen molar-refractivity contribution in [3.05, 3.63) is 61.0 Å². The Morgan fingerprint density at radius 3 is 2.40 bits per heavy atom. The molecule has 2 aromatic carbocycles. The number of amides is 1. The molecule has 1 N–H and O–H groups in total. The van der Waals surface area contributed by atoms with Crippen LogP contribution in [0.1, 0.15) is 15.9 Å². The topological polar surface area (TPSA) is 29.1 Å². The van der Waals surface area contributed by atoms with Crippen LogP contribution in [-0.2, 0) is 0 Å². The molecule has 0 aliphatic rings. The number of anilines is 1. The van der Waals surface area contributed by atoms with Gasteiger partial charge in [-0.05, 0) is 42.8 Å². The molecule has 0 unspecified atom stereocenters. The molecule has 1 amide bonds. The highest BCUT2D eigenvalue weighted by molar-refractivity contribution is 9.10. The maximum Gasteiger partial charge on any atom is 0.255 e. The lowest BCUT2D eigenvalue weighted by Gasteiger charge is -2.10. The van der Waals surface area contributed by atoms with E-state index in [1.165, 1.54) is 0 Å². The van der Waals surface area contributed by atoms with Crippen LogP contribution < -0.4 is 5.32 Å². The van der Waals surface area contributed by atoms with E-state index in [0.29, 0.717) is 26.3 Å². The van der Waals surface area contributed by atoms with Crippen molar-refractivity contribution in [3.63, 3.8) is 0 Å². The third-order valence-corrected chi connectivity index (χ3v) is 4.02. The van der Waals surface area contributed by atoms with Gasteiger partial charge in [-0.3, -0.25) is 4.79 Å². The van der Waals surface area contributed by atoms with E-state index in [-0.39, 0.29) is 5.91 Å². The first-order chi connectivity index (χ1) is 9.36. The summed E-state index contributed by atoms with van der Waals surface area (Å²) in [4.78, 5) is 12.2. The summed E-state index contributed by atoms with van der Waals surface area (Å²) in [6, 6.07) is 8.27. The Morgan fingerprint density at radius 1 is 1.05 bits per heavy atom. The molecule has 0 saturated carbocycles. The van der Waals surface area contributed by atoms with Crippen LogP contribution in [-0.4, -0.2) is 5.91 Å². The Morgan fingerprint density at radius 2 is 1.75 bits per heavy atom. The van der Waals surface area contributed by atoms with Crippen LogP contribution in [0.2, 0.25) is 15.1 Å². The van der Waals surface area contributed by atoms with Crippen molar-refractivity contribution in [2.45, 2.75) is 6.92 Å². The van der Waals surface area contributed by atoms with E-state index in [1.807, 2.05) is 6.92 Å². The molecule has 0 saturated heterocycles. The molecule has 104 valence electrons. The summed E-state index contributed by atoms with van der Waals surface area (Å²) in [6.45, 7) is 1.84. The Hall–Kier alpha value is -0.740. The molecule has 2 rings (SSSR count). The third-order valence-electron chi connectivity index (χ3n) is 2.62. The van der Waals surface area contributed by atoms with Crippen molar-refractivity contribution in [3.8, 4) is 0 Å². The van der Waals surface area contributed by atoms with E-state index < -0.39 is 0 Å². The van der Waals surface area contributed by atoms with Crippen LogP contribution >= 0.6 is 50.7 Å². The molecule has 0 aliphatic carbocycles. The summed E-state index contributed by atoms with van der Waals surface area (Å²) in [6.07, 6.45) is 0. The molecule has 0 radical (unpaired) electrons. The minimum atomic E-state index is -0.310. The van der Waals surface area contributed by atoms with Gasteiger partial charge in [0.1, 0.15) is 0 Å². The number of hydrogen-bond acceptors (Lipinski definition) is 1. The summed E-state index contributed by atoms with van der Waals surface area (Å²) in [5, 5.41) is 4.15. The zero-order valence-electron chi connectivity index (χ0n) is 10.3. The van der Waals surface area contributed by atoms with Gasteiger partial charge in [0.2, 0.25) is 0 Å². The number of hydrogen-bond donors (Lipinski definition) is 1. The van der Waals surface area contributed by atoms with Gasteiger partial charge in [0, 0.05) is 20.1 Å². The van der Waals surface area contributed by atoms with E-state index in [2.05, 4.69) is 21.2 Å². The molecule has 0 spiro atoms. The average molecular weight is 393 g/mol. The van der Waals surface area contributed by atoms with Crippen LogP contribution in [0.4, 0.5) is 5.69 Å². The highest BCUT2D eigenvalue weighted by Crippen LogP contribution is 2.29. The lowest BCUT2D eigenvalue weighted by molar-refractivity contribution is 0.102. The van der Waals surface area contributed by atoms with E-state index in [1.54, 1.807) is 30.3 Å². The van der Waals surface area contributed by atoms with Gasteiger partial charge in [0.05, 0.1) is 10.7 Å². The smallest absolute Gasteiger partial charge is 0.255 e. The molecule has 20 heavy (non-hydrogen) atoms. The SMILES string of the molecule is Cc1cc(Cl)c(NC(=O)c2cc(Cl)cc(Br)c2)cc1Cl. The van der Waals surface area contributed by atoms with E-state index in [9.17, 15) is 4.79 Å². The Labute approximate surface area is 140 Å². The van der Waals surface area contributed by atoms with Crippen molar-refractivity contribution in [1.82, 2.24) is 0 Å². The fraction of sp³-hybridized carbons (Fsp3) is 0.0714. The first-order valence-corrected chi connectivity index (χ1v) is 7.52. The first kappa shape index (κ1) is 15.6. The summed E-state index contributed by atoms with van der Waals surface area (Å²) in [7, 11) is 0. The average Bonchev–Trinajstić information content (AvgIpc) is 2.34.